The molecule has 0 saturated heterocycles. The van der Waals surface area contributed by atoms with E-state index in [1.54, 1.807) is 11.3 Å². The van der Waals surface area contributed by atoms with Crippen LogP contribution in [-0.4, -0.2) is 27.3 Å². The number of hydrogen-bond donors (Lipinski definition) is 2. The molecule has 8 heteroatoms. The van der Waals surface area contributed by atoms with Crippen LogP contribution in [0.5, 0.6) is 0 Å². The normalized spacial score (nSPS) is 12.2. The zero-order valence-corrected chi connectivity index (χ0v) is 19.5. The van der Waals surface area contributed by atoms with Crippen LogP contribution in [0.3, 0.4) is 0 Å². The molecule has 0 spiro atoms. The van der Waals surface area contributed by atoms with Crippen LogP contribution < -0.4 is 10.6 Å². The Morgan fingerprint density at radius 1 is 1.20 bits per heavy atom. The summed E-state index contributed by atoms with van der Waals surface area (Å²) in [6.07, 6.45) is 0.918. The van der Waals surface area contributed by atoms with Gasteiger partial charge in [-0.25, -0.2) is 4.99 Å². The van der Waals surface area contributed by atoms with Gasteiger partial charge in [0.1, 0.15) is 12.4 Å². The summed E-state index contributed by atoms with van der Waals surface area (Å²) in [6, 6.07) is 12.2. The molecular weight excluding hydrogens is 416 g/mol. The molecule has 6 nitrogen and oxygen atoms in total. The van der Waals surface area contributed by atoms with Crippen LogP contribution in [0.4, 0.5) is 0 Å². The van der Waals surface area contributed by atoms with Crippen LogP contribution in [0.25, 0.3) is 0 Å². The van der Waals surface area contributed by atoms with Crippen molar-refractivity contribution in [2.75, 3.05) is 6.54 Å². The van der Waals surface area contributed by atoms with E-state index in [2.05, 4.69) is 58.3 Å². The fourth-order valence-electron chi connectivity index (χ4n) is 3.08. The van der Waals surface area contributed by atoms with E-state index in [0.717, 1.165) is 42.1 Å². The number of thiophene rings is 1. The molecule has 0 aliphatic heterocycles. The molecule has 2 heterocycles. The topological polar surface area (TPSA) is 67.1 Å². The molecule has 0 unspecified atom stereocenters. The summed E-state index contributed by atoms with van der Waals surface area (Å²) < 4.78 is 1.96. The first-order valence-corrected chi connectivity index (χ1v) is 11.2. The highest BCUT2D eigenvalue weighted by Crippen LogP contribution is 2.22. The van der Waals surface area contributed by atoms with Crippen molar-refractivity contribution in [2.24, 2.45) is 17.5 Å². The number of nitrogens with zero attached hydrogens (tertiary/aromatic N) is 4. The number of aliphatic imine (C=N–C) groups is 1. The number of rotatable bonds is 8. The molecule has 0 aliphatic carbocycles. The highest BCUT2D eigenvalue weighted by atomic mass is 35.5. The lowest BCUT2D eigenvalue weighted by molar-refractivity contribution is 0.359. The minimum absolute atomic E-state index is 0.0252. The van der Waals surface area contributed by atoms with Crippen molar-refractivity contribution in [3.8, 4) is 0 Å². The molecule has 0 radical (unpaired) electrons. The summed E-state index contributed by atoms with van der Waals surface area (Å²) in [4.78, 5) is 6.01. The second-order valence-corrected chi connectivity index (χ2v) is 9.61. The molecule has 3 rings (SSSR count). The highest BCUT2D eigenvalue weighted by Gasteiger charge is 2.19. The third kappa shape index (κ3) is 6.57. The van der Waals surface area contributed by atoms with Crippen LogP contribution in [0, 0.1) is 12.3 Å². The Morgan fingerprint density at radius 3 is 2.70 bits per heavy atom. The van der Waals surface area contributed by atoms with Gasteiger partial charge in [-0.15, -0.1) is 21.5 Å². The summed E-state index contributed by atoms with van der Waals surface area (Å²) in [5.74, 6) is 2.48. The average molecular weight is 445 g/mol. The molecule has 0 bridgehead atoms. The van der Waals surface area contributed by atoms with Crippen LogP contribution in [0.2, 0.25) is 5.02 Å². The van der Waals surface area contributed by atoms with Gasteiger partial charge in [-0.05, 0) is 47.9 Å². The highest BCUT2D eigenvalue weighted by molar-refractivity contribution is 7.09. The van der Waals surface area contributed by atoms with E-state index < -0.39 is 0 Å². The largest absolute Gasteiger partial charge is 0.356 e. The van der Waals surface area contributed by atoms with Gasteiger partial charge >= 0.3 is 0 Å². The summed E-state index contributed by atoms with van der Waals surface area (Å²) in [6.45, 7) is 8.38. The second kappa shape index (κ2) is 10.1. The van der Waals surface area contributed by atoms with Crippen molar-refractivity contribution in [3.63, 3.8) is 0 Å². The third-order valence-corrected chi connectivity index (χ3v) is 5.99. The summed E-state index contributed by atoms with van der Waals surface area (Å²) >= 11 is 7.88. The number of guanidine groups is 1. The predicted molar refractivity (Wildman–Crippen MR) is 125 cm³/mol. The summed E-state index contributed by atoms with van der Waals surface area (Å²) in [5, 5.41) is 18.1. The SMILES string of the molecule is Cc1nnc(CN=C(NCc2cccs2)NCC(C)(C)Cc2cccc(Cl)c2)n1C. The molecule has 0 saturated carbocycles. The first-order valence-electron chi connectivity index (χ1n) is 9.96. The van der Waals surface area contributed by atoms with Crippen molar-refractivity contribution in [1.82, 2.24) is 25.4 Å². The maximum absolute atomic E-state index is 6.15. The maximum Gasteiger partial charge on any atom is 0.192 e. The van der Waals surface area contributed by atoms with E-state index in [-0.39, 0.29) is 5.41 Å². The number of halogens is 1. The van der Waals surface area contributed by atoms with Gasteiger partial charge < -0.3 is 15.2 Å². The fraction of sp³-hybridized carbons (Fsp3) is 0.409. The Kier molecular flexibility index (Phi) is 7.50. The lowest BCUT2D eigenvalue weighted by atomic mass is 9.86. The molecule has 0 fully saturated rings. The average Bonchev–Trinajstić information content (AvgIpc) is 3.32. The Balaban J connectivity index is 1.65. The van der Waals surface area contributed by atoms with Crippen LogP contribution >= 0.6 is 22.9 Å². The lowest BCUT2D eigenvalue weighted by Gasteiger charge is -2.26. The first-order chi connectivity index (χ1) is 14.3. The van der Waals surface area contributed by atoms with Crippen molar-refractivity contribution in [2.45, 2.75) is 40.3 Å². The van der Waals surface area contributed by atoms with Gasteiger partial charge in [0.05, 0.1) is 6.54 Å². The van der Waals surface area contributed by atoms with Gasteiger partial charge in [-0.1, -0.05) is 43.6 Å². The van der Waals surface area contributed by atoms with Gasteiger partial charge in [0.25, 0.3) is 0 Å². The molecule has 30 heavy (non-hydrogen) atoms. The van der Waals surface area contributed by atoms with Gasteiger partial charge in [-0.3, -0.25) is 0 Å². The van der Waals surface area contributed by atoms with Gasteiger partial charge in [0.2, 0.25) is 0 Å². The molecular formula is C22H29ClN6S. The number of hydrogen-bond acceptors (Lipinski definition) is 4. The van der Waals surface area contributed by atoms with Gasteiger partial charge in [0, 0.05) is 23.5 Å². The van der Waals surface area contributed by atoms with Gasteiger partial charge in [-0.2, -0.15) is 0 Å². The number of benzene rings is 1. The second-order valence-electron chi connectivity index (χ2n) is 8.14. The van der Waals surface area contributed by atoms with Crippen molar-refractivity contribution in [3.05, 3.63) is 68.9 Å². The Hall–Kier alpha value is -2.38. The zero-order chi connectivity index (χ0) is 21.6. The Bertz CT molecular complexity index is 977. The van der Waals surface area contributed by atoms with E-state index in [1.807, 2.05) is 36.7 Å². The number of aryl methyl sites for hydroxylation is 1. The van der Waals surface area contributed by atoms with Crippen molar-refractivity contribution < 1.29 is 0 Å². The molecule has 2 N–H and O–H groups in total. The monoisotopic (exact) mass is 444 g/mol. The van der Waals surface area contributed by atoms with Gasteiger partial charge in [0.15, 0.2) is 11.8 Å². The third-order valence-electron chi connectivity index (χ3n) is 4.88. The maximum atomic E-state index is 6.15. The first kappa shape index (κ1) is 22.3. The molecule has 0 atom stereocenters. The number of aromatic nitrogens is 3. The standard InChI is InChI=1S/C22H29ClN6S/c1-16-27-28-20(29(16)4)14-25-21(24-13-19-9-6-10-30-19)26-15-22(2,3)12-17-7-5-8-18(23)11-17/h5-11H,12-15H2,1-4H3,(H2,24,25,26). The van der Waals surface area contributed by atoms with Crippen LogP contribution in [-0.2, 0) is 26.6 Å². The quantitative estimate of drug-likeness (QED) is 0.400. The van der Waals surface area contributed by atoms with Crippen LogP contribution in [0.15, 0.2) is 46.8 Å². The summed E-state index contributed by atoms with van der Waals surface area (Å²) in [7, 11) is 1.96. The van der Waals surface area contributed by atoms with Crippen molar-refractivity contribution >= 4 is 28.9 Å². The minimum atomic E-state index is 0.0252. The van der Waals surface area contributed by atoms with E-state index >= 15 is 0 Å². The van der Waals surface area contributed by atoms with E-state index in [0.29, 0.717) is 6.54 Å². The van der Waals surface area contributed by atoms with E-state index in [4.69, 9.17) is 16.6 Å². The number of nitrogens with one attached hydrogen (secondary N) is 2. The molecule has 3 aromatic rings. The fourth-order valence-corrected chi connectivity index (χ4v) is 3.94. The molecule has 2 aromatic heterocycles. The Labute approximate surface area is 187 Å². The zero-order valence-electron chi connectivity index (χ0n) is 17.9. The minimum Gasteiger partial charge on any atom is -0.356 e. The van der Waals surface area contributed by atoms with E-state index in [1.165, 1.54) is 10.4 Å². The predicted octanol–water partition coefficient (Wildman–Crippen LogP) is 4.34. The lowest BCUT2D eigenvalue weighted by Crippen LogP contribution is -2.42. The smallest absolute Gasteiger partial charge is 0.192 e. The summed E-state index contributed by atoms with van der Waals surface area (Å²) in [5.41, 5.74) is 1.26. The molecule has 0 amide bonds. The van der Waals surface area contributed by atoms with Crippen LogP contribution in [0.1, 0.15) is 35.9 Å². The van der Waals surface area contributed by atoms with Crippen molar-refractivity contribution in [1.29, 1.82) is 0 Å². The molecule has 160 valence electrons. The molecule has 0 aliphatic rings. The van der Waals surface area contributed by atoms with E-state index in [9.17, 15) is 0 Å². The molecule has 1 aromatic carbocycles. The Morgan fingerprint density at radius 2 is 2.03 bits per heavy atom.